The third kappa shape index (κ3) is 2.85. The van der Waals surface area contributed by atoms with E-state index in [4.69, 9.17) is 4.74 Å². The SMILES string of the molecule is O=C(O)C1(Nc2cc(F)cc([N+](=O)[O-])c2)CCOCC1. The van der Waals surface area contributed by atoms with Crippen molar-refractivity contribution >= 4 is 17.3 Å². The van der Waals surface area contributed by atoms with E-state index in [-0.39, 0.29) is 31.7 Å². The minimum Gasteiger partial charge on any atom is -0.480 e. The van der Waals surface area contributed by atoms with E-state index < -0.39 is 27.9 Å². The Morgan fingerprint density at radius 2 is 2.05 bits per heavy atom. The third-order valence-corrected chi connectivity index (χ3v) is 3.23. The number of anilines is 1. The minimum atomic E-state index is -1.29. The molecule has 8 heteroatoms. The molecule has 0 spiro atoms. The quantitative estimate of drug-likeness (QED) is 0.645. The van der Waals surface area contributed by atoms with Crippen LogP contribution in [0.15, 0.2) is 18.2 Å². The average Bonchev–Trinajstić information content (AvgIpc) is 2.38. The highest BCUT2D eigenvalue weighted by Crippen LogP contribution is 2.29. The Balaban J connectivity index is 2.31. The Morgan fingerprint density at radius 1 is 1.40 bits per heavy atom. The van der Waals surface area contributed by atoms with Gasteiger partial charge in [0.1, 0.15) is 11.4 Å². The molecule has 1 heterocycles. The summed E-state index contributed by atoms with van der Waals surface area (Å²) in [7, 11) is 0. The highest BCUT2D eigenvalue weighted by atomic mass is 19.1. The monoisotopic (exact) mass is 284 g/mol. The summed E-state index contributed by atoms with van der Waals surface area (Å²) in [5.41, 5.74) is -1.65. The van der Waals surface area contributed by atoms with Gasteiger partial charge in [0.15, 0.2) is 0 Å². The molecule has 0 bridgehead atoms. The van der Waals surface area contributed by atoms with Crippen LogP contribution in [-0.4, -0.2) is 34.8 Å². The van der Waals surface area contributed by atoms with Crippen molar-refractivity contribution in [3.8, 4) is 0 Å². The van der Waals surface area contributed by atoms with Crippen LogP contribution in [0.4, 0.5) is 15.8 Å². The highest BCUT2D eigenvalue weighted by Gasteiger charge is 2.40. The van der Waals surface area contributed by atoms with Gasteiger partial charge in [-0.3, -0.25) is 10.1 Å². The van der Waals surface area contributed by atoms with Gasteiger partial charge in [0.25, 0.3) is 5.69 Å². The Hall–Kier alpha value is -2.22. The van der Waals surface area contributed by atoms with E-state index in [1.54, 1.807) is 0 Å². The van der Waals surface area contributed by atoms with Crippen molar-refractivity contribution in [1.29, 1.82) is 0 Å². The number of hydrogen-bond donors (Lipinski definition) is 2. The van der Waals surface area contributed by atoms with E-state index in [1.807, 2.05) is 0 Å². The maximum atomic E-state index is 13.4. The number of halogens is 1. The Morgan fingerprint density at radius 3 is 2.60 bits per heavy atom. The molecule has 0 radical (unpaired) electrons. The number of carbonyl (C=O) groups is 1. The smallest absolute Gasteiger partial charge is 0.329 e. The molecule has 1 aromatic carbocycles. The first-order valence-corrected chi connectivity index (χ1v) is 5.97. The number of carboxylic acid groups (broad SMARTS) is 1. The van der Waals surface area contributed by atoms with Crippen LogP contribution in [0, 0.1) is 15.9 Å². The number of rotatable bonds is 4. The molecular formula is C12H13FN2O5. The van der Waals surface area contributed by atoms with Gasteiger partial charge in [-0.2, -0.15) is 0 Å². The van der Waals surface area contributed by atoms with Gasteiger partial charge < -0.3 is 15.2 Å². The zero-order valence-electron chi connectivity index (χ0n) is 10.5. The van der Waals surface area contributed by atoms with Crippen LogP contribution < -0.4 is 5.32 Å². The van der Waals surface area contributed by atoms with Crippen LogP contribution in [0.2, 0.25) is 0 Å². The predicted octanol–water partition coefficient (Wildman–Crippen LogP) is 1.78. The first-order chi connectivity index (χ1) is 9.43. The summed E-state index contributed by atoms with van der Waals surface area (Å²) in [6.45, 7) is 0.521. The topological polar surface area (TPSA) is 102 Å². The van der Waals surface area contributed by atoms with E-state index in [0.717, 1.165) is 18.2 Å². The molecule has 1 fully saturated rings. The summed E-state index contributed by atoms with van der Waals surface area (Å²) in [5.74, 6) is -1.89. The van der Waals surface area contributed by atoms with Crippen LogP contribution >= 0.6 is 0 Å². The number of aliphatic carboxylic acids is 1. The highest BCUT2D eigenvalue weighted by molar-refractivity contribution is 5.83. The molecule has 1 aromatic rings. The number of non-ortho nitro benzene ring substituents is 1. The van der Waals surface area contributed by atoms with Gasteiger partial charge in [-0.15, -0.1) is 0 Å². The van der Waals surface area contributed by atoms with Crippen molar-refractivity contribution in [2.75, 3.05) is 18.5 Å². The van der Waals surface area contributed by atoms with Crippen LogP contribution in [0.5, 0.6) is 0 Å². The van der Waals surface area contributed by atoms with Gasteiger partial charge >= 0.3 is 5.97 Å². The van der Waals surface area contributed by atoms with E-state index in [1.165, 1.54) is 0 Å². The fraction of sp³-hybridized carbons (Fsp3) is 0.417. The number of nitrogens with one attached hydrogen (secondary N) is 1. The van der Waals surface area contributed by atoms with Crippen LogP contribution in [0.3, 0.4) is 0 Å². The molecule has 108 valence electrons. The zero-order valence-corrected chi connectivity index (χ0v) is 10.5. The molecule has 7 nitrogen and oxygen atoms in total. The van der Waals surface area contributed by atoms with Crippen molar-refractivity contribution in [3.05, 3.63) is 34.1 Å². The standard InChI is InChI=1S/C12H13FN2O5/c13-8-5-9(7-10(6-8)15(18)19)14-12(11(16)17)1-3-20-4-2-12/h5-7,14H,1-4H2,(H,16,17). The molecule has 1 aliphatic rings. The van der Waals surface area contributed by atoms with E-state index >= 15 is 0 Å². The maximum absolute atomic E-state index is 13.4. The fourth-order valence-corrected chi connectivity index (χ4v) is 2.14. The summed E-state index contributed by atoms with van der Waals surface area (Å²) >= 11 is 0. The summed E-state index contributed by atoms with van der Waals surface area (Å²) in [6, 6.07) is 2.93. The number of hydrogen-bond acceptors (Lipinski definition) is 5. The predicted molar refractivity (Wildman–Crippen MR) is 67.1 cm³/mol. The lowest BCUT2D eigenvalue weighted by Gasteiger charge is -2.34. The van der Waals surface area contributed by atoms with E-state index in [9.17, 15) is 24.4 Å². The van der Waals surface area contributed by atoms with Gasteiger partial charge in [-0.1, -0.05) is 0 Å². The number of benzene rings is 1. The van der Waals surface area contributed by atoms with E-state index in [2.05, 4.69) is 5.32 Å². The molecule has 2 rings (SSSR count). The molecule has 2 N–H and O–H groups in total. The lowest BCUT2D eigenvalue weighted by Crippen LogP contribution is -2.50. The Kier molecular flexibility index (Phi) is 3.84. The van der Waals surface area contributed by atoms with Gasteiger partial charge in [0.2, 0.25) is 0 Å². The summed E-state index contributed by atoms with van der Waals surface area (Å²) in [5, 5.41) is 22.7. The second-order valence-electron chi connectivity index (χ2n) is 4.58. The summed E-state index contributed by atoms with van der Waals surface area (Å²) < 4.78 is 18.5. The van der Waals surface area contributed by atoms with Crippen LogP contribution in [-0.2, 0) is 9.53 Å². The summed E-state index contributed by atoms with van der Waals surface area (Å²) in [4.78, 5) is 21.4. The molecule has 0 unspecified atom stereocenters. The number of nitro benzene ring substituents is 1. The summed E-state index contributed by atoms with van der Waals surface area (Å²) in [6.07, 6.45) is 0.402. The first kappa shape index (κ1) is 14.2. The lowest BCUT2D eigenvalue weighted by molar-refractivity contribution is -0.385. The molecule has 0 amide bonds. The normalized spacial score (nSPS) is 17.4. The van der Waals surface area contributed by atoms with Crippen molar-refractivity contribution in [1.82, 2.24) is 0 Å². The van der Waals surface area contributed by atoms with Gasteiger partial charge in [0.05, 0.1) is 11.0 Å². The molecule has 1 saturated heterocycles. The van der Waals surface area contributed by atoms with Crippen LogP contribution in [0.1, 0.15) is 12.8 Å². The number of ether oxygens (including phenoxy) is 1. The maximum Gasteiger partial charge on any atom is 0.329 e. The van der Waals surface area contributed by atoms with Gasteiger partial charge in [0, 0.05) is 37.8 Å². The van der Waals surface area contributed by atoms with E-state index in [0.29, 0.717) is 0 Å². The van der Waals surface area contributed by atoms with Crippen molar-refractivity contribution in [3.63, 3.8) is 0 Å². The van der Waals surface area contributed by atoms with Gasteiger partial charge in [-0.25, -0.2) is 9.18 Å². The number of nitro groups is 1. The minimum absolute atomic E-state index is 0.0704. The molecule has 0 aromatic heterocycles. The fourth-order valence-electron chi connectivity index (χ4n) is 2.14. The second-order valence-corrected chi connectivity index (χ2v) is 4.58. The van der Waals surface area contributed by atoms with Crippen molar-refractivity contribution < 1.29 is 24.0 Å². The molecule has 1 aliphatic heterocycles. The molecule has 0 aliphatic carbocycles. The molecule has 20 heavy (non-hydrogen) atoms. The second kappa shape index (κ2) is 5.41. The number of nitrogens with zero attached hydrogens (tertiary/aromatic N) is 1. The third-order valence-electron chi connectivity index (χ3n) is 3.23. The molecule has 0 saturated carbocycles. The van der Waals surface area contributed by atoms with Gasteiger partial charge in [-0.05, 0) is 6.07 Å². The average molecular weight is 284 g/mol. The lowest BCUT2D eigenvalue weighted by atomic mass is 9.89. The number of carboxylic acids is 1. The Bertz CT molecular complexity index is 543. The van der Waals surface area contributed by atoms with Crippen molar-refractivity contribution in [2.45, 2.75) is 18.4 Å². The first-order valence-electron chi connectivity index (χ1n) is 5.97. The van der Waals surface area contributed by atoms with Crippen molar-refractivity contribution in [2.24, 2.45) is 0 Å². The molecular weight excluding hydrogens is 271 g/mol. The zero-order chi connectivity index (χ0) is 14.8. The van der Waals surface area contributed by atoms with Crippen LogP contribution in [0.25, 0.3) is 0 Å². The Labute approximate surface area is 113 Å². The molecule has 0 atom stereocenters. The largest absolute Gasteiger partial charge is 0.480 e.